The molecule has 5 heterocycles. The summed E-state index contributed by atoms with van der Waals surface area (Å²) in [7, 11) is 2.71. The molecule has 2 N–H and O–H groups in total. The molecule has 0 unspecified atom stereocenters. The van der Waals surface area contributed by atoms with E-state index < -0.39 is 6.08 Å². The fraction of sp³-hybridized carbons (Fsp3) is 0.278. The van der Waals surface area contributed by atoms with E-state index in [2.05, 4.69) is 16.5 Å². The molecule has 238 valence electrons. The zero-order valence-corrected chi connectivity index (χ0v) is 26.8. The quantitative estimate of drug-likeness (QED) is 0.244. The van der Waals surface area contributed by atoms with Gasteiger partial charge in [-0.1, -0.05) is 12.7 Å². The maximum Gasteiger partial charge on any atom is 0.305 e. The van der Waals surface area contributed by atoms with Crippen molar-refractivity contribution in [3.8, 4) is 0 Å². The van der Waals surface area contributed by atoms with Crippen molar-refractivity contribution in [1.29, 1.82) is 0 Å². The number of carbonyl (C=O) groups is 2. The molecule has 0 atom stereocenters. The van der Waals surface area contributed by atoms with Crippen LogP contribution >= 0.6 is 0 Å². The molecule has 0 aliphatic carbocycles. The highest BCUT2D eigenvalue weighted by Crippen LogP contribution is 2.37. The lowest BCUT2D eigenvalue weighted by atomic mass is 10.00. The number of H-pyrrole nitrogens is 2. The van der Waals surface area contributed by atoms with Crippen LogP contribution in [0.15, 0.2) is 43.0 Å². The number of allylic oxidation sites excluding steroid dienone is 5. The van der Waals surface area contributed by atoms with Gasteiger partial charge in [0, 0.05) is 52.1 Å². The lowest BCUT2D eigenvalue weighted by Crippen LogP contribution is -2.02. The first kappa shape index (κ1) is 32.3. The Balaban J connectivity index is 1.92. The summed E-state index contributed by atoms with van der Waals surface area (Å²) in [4.78, 5) is 41.0. The summed E-state index contributed by atoms with van der Waals surface area (Å²) in [5, 5.41) is 0. The van der Waals surface area contributed by atoms with Crippen molar-refractivity contribution in [2.75, 3.05) is 14.2 Å². The number of carbonyl (C=O) groups excluding carboxylic acids is 2. The van der Waals surface area contributed by atoms with Gasteiger partial charge in [-0.15, -0.1) is 0 Å². The molecule has 0 aromatic carbocycles. The fourth-order valence-corrected chi connectivity index (χ4v) is 6.00. The molecule has 8 bridgehead atoms. The van der Waals surface area contributed by atoms with E-state index in [0.717, 1.165) is 56.2 Å². The van der Waals surface area contributed by atoms with Crippen molar-refractivity contribution in [3.63, 3.8) is 0 Å². The molecule has 46 heavy (non-hydrogen) atoms. The van der Waals surface area contributed by atoms with Gasteiger partial charge in [-0.2, -0.15) is 8.78 Å². The Hall–Kier alpha value is -5.12. The first-order valence-corrected chi connectivity index (χ1v) is 14.9. The summed E-state index contributed by atoms with van der Waals surface area (Å²) in [6.07, 6.45) is 1.86. The minimum absolute atomic E-state index is 0.144. The first-order valence-electron chi connectivity index (χ1n) is 14.9. The zero-order chi connectivity index (χ0) is 33.3. The third kappa shape index (κ3) is 6.20. The number of ether oxygens (including phenoxy) is 2. The number of aryl methyl sites for hydroxylation is 3. The standard InChI is InChI=1S/C36H36F2N4O4/c1-8-22-18(2)26-14-27-19(3)23(9-11-35(43)45-6)31(40-27)17-32-24(10-12-36(44)46-7)20(4)28(41-32)16-33-25(13-34(37)38)21(5)29(42-33)15-30(22)39-26/h8,13-17,39,41H,1,9-12H2,2-7H3. The van der Waals surface area contributed by atoms with Gasteiger partial charge in [0.15, 0.2) is 0 Å². The van der Waals surface area contributed by atoms with Crippen molar-refractivity contribution >= 4 is 62.4 Å². The fourth-order valence-electron chi connectivity index (χ4n) is 6.00. The highest BCUT2D eigenvalue weighted by molar-refractivity contribution is 5.98. The molecule has 0 amide bonds. The van der Waals surface area contributed by atoms with Gasteiger partial charge < -0.3 is 19.4 Å². The van der Waals surface area contributed by atoms with Crippen molar-refractivity contribution < 1.29 is 27.8 Å². The van der Waals surface area contributed by atoms with Gasteiger partial charge >= 0.3 is 11.9 Å². The minimum atomic E-state index is -1.83. The summed E-state index contributed by atoms with van der Waals surface area (Å²) < 4.78 is 37.2. The van der Waals surface area contributed by atoms with Gasteiger partial charge in [0.05, 0.1) is 37.0 Å². The summed E-state index contributed by atoms with van der Waals surface area (Å²) in [5.41, 5.74) is 11.4. The Bertz CT molecular complexity index is 2040. The van der Waals surface area contributed by atoms with Gasteiger partial charge in [-0.05, 0) is 98.2 Å². The number of esters is 2. The van der Waals surface area contributed by atoms with Crippen LogP contribution in [0.5, 0.6) is 0 Å². The maximum atomic E-state index is 13.7. The molecule has 2 aliphatic heterocycles. The molecule has 0 spiro atoms. The largest absolute Gasteiger partial charge is 0.469 e. The predicted octanol–water partition coefficient (Wildman–Crippen LogP) is 8.28. The van der Waals surface area contributed by atoms with Crippen molar-refractivity contribution in [2.24, 2.45) is 0 Å². The lowest BCUT2D eigenvalue weighted by Gasteiger charge is -2.04. The monoisotopic (exact) mass is 626 g/mol. The second-order valence-electron chi connectivity index (χ2n) is 11.3. The van der Waals surface area contributed by atoms with Crippen molar-refractivity contribution in [1.82, 2.24) is 19.9 Å². The molecule has 0 saturated carbocycles. The number of hydrogen-bond donors (Lipinski definition) is 2. The van der Waals surface area contributed by atoms with E-state index in [0.29, 0.717) is 52.1 Å². The second kappa shape index (κ2) is 13.1. The van der Waals surface area contributed by atoms with E-state index in [-0.39, 0.29) is 24.8 Å². The molecule has 0 radical (unpaired) electrons. The maximum absolute atomic E-state index is 13.7. The van der Waals surface area contributed by atoms with Crippen LogP contribution in [0.3, 0.4) is 0 Å². The molecule has 2 aliphatic rings. The van der Waals surface area contributed by atoms with Crippen LogP contribution in [0.4, 0.5) is 8.78 Å². The molecule has 3 aromatic heterocycles. The van der Waals surface area contributed by atoms with Crippen molar-refractivity contribution in [3.05, 3.63) is 88.0 Å². The molecular weight excluding hydrogens is 590 g/mol. The molecular formula is C36H36F2N4O4. The third-order valence-corrected chi connectivity index (χ3v) is 8.71. The smallest absolute Gasteiger partial charge is 0.305 e. The average molecular weight is 627 g/mol. The first-order chi connectivity index (χ1) is 21.9. The summed E-state index contributed by atoms with van der Waals surface area (Å²) >= 11 is 0. The average Bonchev–Trinajstić information content (AvgIpc) is 3.68. The van der Waals surface area contributed by atoms with Crippen LogP contribution in [0.1, 0.15) is 78.1 Å². The van der Waals surface area contributed by atoms with Gasteiger partial charge in [0.2, 0.25) is 0 Å². The Kier molecular flexibility index (Phi) is 9.18. The third-order valence-electron chi connectivity index (χ3n) is 8.71. The number of aromatic amines is 2. The molecule has 0 fully saturated rings. The molecule has 10 heteroatoms. The minimum Gasteiger partial charge on any atom is -0.469 e. The molecule has 3 aromatic rings. The summed E-state index contributed by atoms with van der Waals surface area (Å²) in [5.74, 6) is -0.684. The van der Waals surface area contributed by atoms with Crippen LogP contribution in [0.25, 0.3) is 50.4 Å². The van der Waals surface area contributed by atoms with Gasteiger partial charge in [-0.25, -0.2) is 9.97 Å². The van der Waals surface area contributed by atoms with Crippen molar-refractivity contribution in [2.45, 2.75) is 53.4 Å². The van der Waals surface area contributed by atoms with E-state index in [4.69, 9.17) is 19.4 Å². The van der Waals surface area contributed by atoms with E-state index >= 15 is 0 Å². The molecule has 5 rings (SSSR count). The number of halogens is 2. The van der Waals surface area contributed by atoms with Crippen LogP contribution in [-0.2, 0) is 25.5 Å². The summed E-state index contributed by atoms with van der Waals surface area (Å²) in [6.45, 7) is 11.6. The number of methoxy groups -OCH3 is 2. The zero-order valence-electron chi connectivity index (χ0n) is 26.8. The van der Waals surface area contributed by atoms with Gasteiger partial charge in [-0.3, -0.25) is 9.59 Å². The van der Waals surface area contributed by atoms with Crippen LogP contribution in [0.2, 0.25) is 0 Å². The Morgan fingerprint density at radius 3 is 1.96 bits per heavy atom. The highest BCUT2D eigenvalue weighted by atomic mass is 19.3. The van der Waals surface area contributed by atoms with E-state index in [1.165, 1.54) is 14.2 Å². The van der Waals surface area contributed by atoms with E-state index in [1.807, 2.05) is 39.0 Å². The van der Waals surface area contributed by atoms with E-state index in [1.54, 1.807) is 19.1 Å². The predicted molar refractivity (Wildman–Crippen MR) is 177 cm³/mol. The number of aromatic nitrogens is 4. The number of rotatable bonds is 8. The van der Waals surface area contributed by atoms with Crippen LogP contribution < -0.4 is 0 Å². The van der Waals surface area contributed by atoms with Gasteiger partial charge in [0.25, 0.3) is 6.08 Å². The number of nitrogens with zero attached hydrogens (tertiary/aromatic N) is 2. The lowest BCUT2D eigenvalue weighted by molar-refractivity contribution is -0.141. The highest BCUT2D eigenvalue weighted by Gasteiger charge is 2.21. The van der Waals surface area contributed by atoms with E-state index in [9.17, 15) is 18.4 Å². The normalized spacial score (nSPS) is 12.8. The SMILES string of the molecule is C=Cc1c(C)c2cc3nc(cc4[nH]c(cc5nc(cc1[nH]2)C(C)=C5C=C(F)F)c(C)c4CCC(=O)OC)C(CCC(=O)OC)=C3C. The topological polar surface area (TPSA) is 110 Å². The van der Waals surface area contributed by atoms with Gasteiger partial charge in [0.1, 0.15) is 0 Å². The summed E-state index contributed by atoms with van der Waals surface area (Å²) in [6, 6.07) is 7.46. The molecule has 8 nitrogen and oxygen atoms in total. The number of hydrogen-bond acceptors (Lipinski definition) is 6. The van der Waals surface area contributed by atoms with Crippen LogP contribution in [-0.4, -0.2) is 46.1 Å². The van der Waals surface area contributed by atoms with Crippen LogP contribution in [0, 0.1) is 13.8 Å². The Morgan fingerprint density at radius 1 is 0.761 bits per heavy atom. The molecule has 0 saturated heterocycles. The number of nitrogens with one attached hydrogen (secondary N) is 2. The number of fused-ring (bicyclic) bond motifs is 8. The Morgan fingerprint density at radius 2 is 1.30 bits per heavy atom. The second-order valence-corrected chi connectivity index (χ2v) is 11.3. The Labute approximate surface area is 265 Å².